The molecular formula is C15H15NO2S. The normalized spacial score (nSPS) is 10.2. The molecule has 19 heavy (non-hydrogen) atoms. The molecule has 0 aliphatic rings. The molecule has 0 aliphatic carbocycles. The van der Waals surface area contributed by atoms with Gasteiger partial charge < -0.3 is 10.5 Å². The van der Waals surface area contributed by atoms with Crippen molar-refractivity contribution in [2.24, 2.45) is 0 Å². The SMILES string of the molecule is COC(=O)c1ccc(CSc2cccc(N)c2)cc1. The molecule has 98 valence electrons. The molecule has 2 rings (SSSR count). The lowest BCUT2D eigenvalue weighted by Gasteiger charge is -2.04. The standard InChI is InChI=1S/C15H15NO2S/c1-18-15(17)12-7-5-11(6-8-12)10-19-14-4-2-3-13(16)9-14/h2-9H,10,16H2,1H3. The van der Waals surface area contributed by atoms with Crippen LogP contribution in [-0.2, 0) is 10.5 Å². The van der Waals surface area contributed by atoms with Gasteiger partial charge in [0.2, 0.25) is 0 Å². The summed E-state index contributed by atoms with van der Waals surface area (Å²) in [5.74, 6) is 0.528. The van der Waals surface area contributed by atoms with Crippen molar-refractivity contribution in [3.05, 3.63) is 59.7 Å². The Balaban J connectivity index is 1.98. The van der Waals surface area contributed by atoms with Gasteiger partial charge in [0.1, 0.15) is 0 Å². The van der Waals surface area contributed by atoms with Gasteiger partial charge in [-0.2, -0.15) is 0 Å². The van der Waals surface area contributed by atoms with E-state index < -0.39 is 0 Å². The summed E-state index contributed by atoms with van der Waals surface area (Å²) in [5, 5.41) is 0. The van der Waals surface area contributed by atoms with Gasteiger partial charge in [0.05, 0.1) is 12.7 Å². The van der Waals surface area contributed by atoms with Gasteiger partial charge in [-0.25, -0.2) is 4.79 Å². The van der Waals surface area contributed by atoms with Crippen molar-refractivity contribution in [1.82, 2.24) is 0 Å². The van der Waals surface area contributed by atoms with E-state index in [9.17, 15) is 4.79 Å². The summed E-state index contributed by atoms with van der Waals surface area (Å²) in [5.41, 5.74) is 8.22. The van der Waals surface area contributed by atoms with Crippen LogP contribution in [0.2, 0.25) is 0 Å². The quantitative estimate of drug-likeness (QED) is 0.527. The predicted molar refractivity (Wildman–Crippen MR) is 78.2 cm³/mol. The van der Waals surface area contributed by atoms with Gasteiger partial charge in [0, 0.05) is 16.3 Å². The fourth-order valence-corrected chi connectivity index (χ4v) is 2.55. The minimum absolute atomic E-state index is 0.310. The lowest BCUT2D eigenvalue weighted by Crippen LogP contribution is -2.00. The van der Waals surface area contributed by atoms with Gasteiger partial charge in [-0.3, -0.25) is 0 Å². The lowest BCUT2D eigenvalue weighted by atomic mass is 10.1. The molecule has 2 N–H and O–H groups in total. The largest absolute Gasteiger partial charge is 0.465 e. The Morgan fingerprint density at radius 3 is 2.58 bits per heavy atom. The van der Waals surface area contributed by atoms with Gasteiger partial charge >= 0.3 is 5.97 Å². The van der Waals surface area contributed by atoms with Crippen LogP contribution in [0.4, 0.5) is 5.69 Å². The molecule has 3 nitrogen and oxygen atoms in total. The molecule has 0 radical (unpaired) electrons. The Kier molecular flexibility index (Phi) is 4.47. The second-order valence-corrected chi connectivity index (χ2v) is 5.10. The van der Waals surface area contributed by atoms with Crippen LogP contribution in [0.3, 0.4) is 0 Å². The van der Waals surface area contributed by atoms with Gasteiger partial charge in [0.25, 0.3) is 0 Å². The highest BCUT2D eigenvalue weighted by atomic mass is 32.2. The Morgan fingerprint density at radius 2 is 1.95 bits per heavy atom. The second-order valence-electron chi connectivity index (χ2n) is 4.05. The Labute approximate surface area is 116 Å². The first kappa shape index (κ1) is 13.5. The van der Waals surface area contributed by atoms with Gasteiger partial charge in [-0.15, -0.1) is 11.8 Å². The Bertz CT molecular complexity index is 567. The van der Waals surface area contributed by atoms with Crippen molar-refractivity contribution in [3.63, 3.8) is 0 Å². The van der Waals surface area contributed by atoms with Crippen molar-refractivity contribution in [2.75, 3.05) is 12.8 Å². The zero-order valence-electron chi connectivity index (χ0n) is 10.6. The highest BCUT2D eigenvalue weighted by Crippen LogP contribution is 2.24. The molecule has 2 aromatic rings. The summed E-state index contributed by atoms with van der Waals surface area (Å²) < 4.78 is 4.66. The minimum atomic E-state index is -0.310. The summed E-state index contributed by atoms with van der Waals surface area (Å²) in [6.45, 7) is 0. The molecule has 0 saturated carbocycles. The Hall–Kier alpha value is -1.94. The summed E-state index contributed by atoms with van der Waals surface area (Å²) >= 11 is 1.71. The van der Waals surface area contributed by atoms with Crippen LogP contribution in [0, 0.1) is 0 Å². The monoisotopic (exact) mass is 273 g/mol. The van der Waals surface area contributed by atoms with E-state index in [1.807, 2.05) is 36.4 Å². The summed E-state index contributed by atoms with van der Waals surface area (Å²) in [7, 11) is 1.38. The molecule has 0 amide bonds. The zero-order valence-corrected chi connectivity index (χ0v) is 11.4. The van der Waals surface area contributed by atoms with Crippen molar-refractivity contribution >= 4 is 23.4 Å². The van der Waals surface area contributed by atoms with Crippen molar-refractivity contribution in [2.45, 2.75) is 10.6 Å². The number of carbonyl (C=O) groups excluding carboxylic acids is 1. The van der Waals surface area contributed by atoms with E-state index >= 15 is 0 Å². The molecule has 2 aromatic carbocycles. The summed E-state index contributed by atoms with van der Waals surface area (Å²) in [6, 6.07) is 15.2. The third-order valence-corrected chi connectivity index (χ3v) is 3.70. The maximum Gasteiger partial charge on any atom is 0.337 e. The van der Waals surface area contributed by atoms with Crippen LogP contribution < -0.4 is 5.73 Å². The van der Waals surface area contributed by atoms with E-state index in [0.717, 1.165) is 21.9 Å². The molecule has 0 spiro atoms. The molecule has 0 heterocycles. The molecule has 0 aliphatic heterocycles. The van der Waals surface area contributed by atoms with Crippen molar-refractivity contribution in [3.8, 4) is 0 Å². The number of methoxy groups -OCH3 is 1. The summed E-state index contributed by atoms with van der Waals surface area (Å²) in [6.07, 6.45) is 0. The number of anilines is 1. The molecule has 0 aromatic heterocycles. The molecule has 0 saturated heterocycles. The highest BCUT2D eigenvalue weighted by Gasteiger charge is 2.04. The number of carbonyl (C=O) groups is 1. The molecule has 0 bridgehead atoms. The number of hydrogen-bond donors (Lipinski definition) is 1. The summed E-state index contributed by atoms with van der Waals surface area (Å²) in [4.78, 5) is 12.4. The van der Waals surface area contributed by atoms with E-state index in [4.69, 9.17) is 5.73 Å². The number of nitrogens with two attached hydrogens (primary N) is 1. The second kappa shape index (κ2) is 6.29. The van der Waals surface area contributed by atoms with Crippen molar-refractivity contribution in [1.29, 1.82) is 0 Å². The minimum Gasteiger partial charge on any atom is -0.465 e. The molecule has 0 fully saturated rings. The van der Waals surface area contributed by atoms with Gasteiger partial charge in [-0.05, 0) is 35.9 Å². The van der Waals surface area contributed by atoms with Crippen LogP contribution in [0.15, 0.2) is 53.4 Å². The smallest absolute Gasteiger partial charge is 0.337 e. The number of thioether (sulfide) groups is 1. The van der Waals surface area contributed by atoms with E-state index in [0.29, 0.717) is 5.56 Å². The Morgan fingerprint density at radius 1 is 1.21 bits per heavy atom. The first-order valence-electron chi connectivity index (χ1n) is 5.84. The van der Waals surface area contributed by atoms with Crippen LogP contribution >= 0.6 is 11.8 Å². The zero-order chi connectivity index (χ0) is 13.7. The van der Waals surface area contributed by atoms with Gasteiger partial charge in [0.15, 0.2) is 0 Å². The lowest BCUT2D eigenvalue weighted by molar-refractivity contribution is 0.0600. The number of ether oxygens (including phenoxy) is 1. The first-order valence-corrected chi connectivity index (χ1v) is 6.83. The number of hydrogen-bond acceptors (Lipinski definition) is 4. The van der Waals surface area contributed by atoms with Crippen LogP contribution in [0.5, 0.6) is 0 Å². The van der Waals surface area contributed by atoms with E-state index in [-0.39, 0.29) is 5.97 Å². The van der Waals surface area contributed by atoms with Gasteiger partial charge in [-0.1, -0.05) is 18.2 Å². The topological polar surface area (TPSA) is 52.3 Å². The van der Waals surface area contributed by atoms with Crippen LogP contribution in [-0.4, -0.2) is 13.1 Å². The third kappa shape index (κ3) is 3.76. The maximum atomic E-state index is 11.3. The van der Waals surface area contributed by atoms with Crippen molar-refractivity contribution < 1.29 is 9.53 Å². The molecule has 0 atom stereocenters. The first-order chi connectivity index (χ1) is 9.19. The fourth-order valence-electron chi connectivity index (χ4n) is 1.63. The van der Waals surface area contributed by atoms with E-state index in [1.54, 1.807) is 23.9 Å². The average Bonchev–Trinajstić information content (AvgIpc) is 2.45. The fraction of sp³-hybridized carbons (Fsp3) is 0.133. The number of benzene rings is 2. The predicted octanol–water partition coefficient (Wildman–Crippen LogP) is 3.35. The molecule has 4 heteroatoms. The van der Waals surface area contributed by atoms with Crippen LogP contribution in [0.25, 0.3) is 0 Å². The maximum absolute atomic E-state index is 11.3. The molecular weight excluding hydrogens is 258 g/mol. The van der Waals surface area contributed by atoms with E-state index in [1.165, 1.54) is 7.11 Å². The van der Waals surface area contributed by atoms with E-state index in [2.05, 4.69) is 4.74 Å². The number of esters is 1. The van der Waals surface area contributed by atoms with Crippen LogP contribution in [0.1, 0.15) is 15.9 Å². The molecule has 0 unspecified atom stereocenters. The number of nitrogen functional groups attached to an aromatic ring is 1. The number of rotatable bonds is 4. The third-order valence-electron chi connectivity index (χ3n) is 2.64. The average molecular weight is 273 g/mol. The highest BCUT2D eigenvalue weighted by molar-refractivity contribution is 7.98.